The highest BCUT2D eigenvalue weighted by Crippen LogP contribution is 2.21. The molecular weight excluding hydrogens is 266 g/mol. The van der Waals surface area contributed by atoms with Crippen LogP contribution in [0.3, 0.4) is 0 Å². The van der Waals surface area contributed by atoms with E-state index in [1.54, 1.807) is 0 Å². The van der Waals surface area contributed by atoms with E-state index in [2.05, 4.69) is 46.1 Å². The summed E-state index contributed by atoms with van der Waals surface area (Å²) in [5, 5.41) is 0. The molecule has 2 nitrogen and oxygen atoms in total. The minimum absolute atomic E-state index is 0.567. The summed E-state index contributed by atoms with van der Waals surface area (Å²) in [5.41, 5.74) is 1.32. The van der Waals surface area contributed by atoms with Crippen molar-refractivity contribution < 1.29 is 4.74 Å². The monoisotopic (exact) mass is 279 g/mol. The van der Waals surface area contributed by atoms with Gasteiger partial charge in [0.25, 0.3) is 0 Å². The van der Waals surface area contributed by atoms with Crippen molar-refractivity contribution in [1.82, 2.24) is 4.98 Å². The van der Waals surface area contributed by atoms with Crippen LogP contribution in [0.25, 0.3) is 0 Å². The SMILES string of the molecule is CC1CC=CC=C1COc1cccc(Br)n1. The second kappa shape index (κ2) is 5.30. The molecule has 1 unspecified atom stereocenters. The fourth-order valence-electron chi connectivity index (χ4n) is 1.61. The Balaban J connectivity index is 1.97. The van der Waals surface area contributed by atoms with E-state index in [4.69, 9.17) is 4.74 Å². The van der Waals surface area contributed by atoms with Gasteiger partial charge in [-0.3, -0.25) is 0 Å². The third-order valence-electron chi connectivity index (χ3n) is 2.65. The van der Waals surface area contributed by atoms with Crippen LogP contribution in [-0.4, -0.2) is 11.6 Å². The molecule has 0 aromatic carbocycles. The summed E-state index contributed by atoms with van der Waals surface area (Å²) in [6, 6.07) is 5.68. The van der Waals surface area contributed by atoms with Crippen LogP contribution in [0, 0.1) is 5.92 Å². The van der Waals surface area contributed by atoms with Gasteiger partial charge in [-0.15, -0.1) is 0 Å². The van der Waals surface area contributed by atoms with Crippen molar-refractivity contribution in [3.05, 3.63) is 46.6 Å². The molecule has 1 aliphatic rings. The molecule has 84 valence electrons. The Morgan fingerprint density at radius 1 is 1.50 bits per heavy atom. The summed E-state index contributed by atoms with van der Waals surface area (Å²) in [5.74, 6) is 1.23. The highest BCUT2D eigenvalue weighted by Gasteiger charge is 2.10. The molecule has 0 bridgehead atoms. The lowest BCUT2D eigenvalue weighted by Crippen LogP contribution is -2.10. The maximum absolute atomic E-state index is 5.65. The Bertz CT molecular complexity index is 426. The number of ether oxygens (including phenoxy) is 1. The first kappa shape index (κ1) is 11.4. The number of nitrogens with zero attached hydrogens (tertiary/aromatic N) is 1. The van der Waals surface area contributed by atoms with Crippen LogP contribution in [0.5, 0.6) is 5.88 Å². The largest absolute Gasteiger partial charge is 0.473 e. The molecule has 0 amide bonds. The normalized spacial score (nSPS) is 19.4. The van der Waals surface area contributed by atoms with Gasteiger partial charge in [0, 0.05) is 6.07 Å². The number of hydrogen-bond donors (Lipinski definition) is 0. The van der Waals surface area contributed by atoms with Crippen molar-refractivity contribution in [3.63, 3.8) is 0 Å². The fourth-order valence-corrected chi connectivity index (χ4v) is 1.94. The third kappa shape index (κ3) is 2.95. The zero-order chi connectivity index (χ0) is 11.4. The summed E-state index contributed by atoms with van der Waals surface area (Å²) in [6.45, 7) is 2.84. The van der Waals surface area contributed by atoms with Crippen molar-refractivity contribution >= 4 is 15.9 Å². The molecule has 16 heavy (non-hydrogen) atoms. The van der Waals surface area contributed by atoms with Gasteiger partial charge >= 0.3 is 0 Å². The first-order valence-electron chi connectivity index (χ1n) is 5.36. The van der Waals surface area contributed by atoms with Gasteiger partial charge < -0.3 is 4.74 Å². The summed E-state index contributed by atoms with van der Waals surface area (Å²) >= 11 is 3.32. The average Bonchev–Trinajstić information content (AvgIpc) is 2.28. The van der Waals surface area contributed by atoms with Gasteiger partial charge in [-0.05, 0) is 39.9 Å². The second-order valence-electron chi connectivity index (χ2n) is 3.89. The molecule has 1 atom stereocenters. The molecule has 0 fully saturated rings. The molecule has 0 aliphatic heterocycles. The van der Waals surface area contributed by atoms with Crippen LogP contribution >= 0.6 is 15.9 Å². The molecule has 1 aliphatic carbocycles. The maximum atomic E-state index is 5.65. The molecule has 0 saturated heterocycles. The van der Waals surface area contributed by atoms with E-state index in [0.717, 1.165) is 11.0 Å². The molecule has 0 N–H and O–H groups in total. The van der Waals surface area contributed by atoms with Crippen LogP contribution in [0.15, 0.2) is 46.6 Å². The van der Waals surface area contributed by atoms with Crippen molar-refractivity contribution in [3.8, 4) is 5.88 Å². The number of hydrogen-bond acceptors (Lipinski definition) is 2. The number of rotatable bonds is 3. The van der Waals surface area contributed by atoms with Crippen LogP contribution in [0.1, 0.15) is 13.3 Å². The van der Waals surface area contributed by atoms with Crippen LogP contribution in [-0.2, 0) is 0 Å². The Morgan fingerprint density at radius 3 is 3.12 bits per heavy atom. The summed E-state index contributed by atoms with van der Waals surface area (Å²) in [6.07, 6.45) is 7.51. The molecule has 0 spiro atoms. The molecule has 3 heteroatoms. The van der Waals surface area contributed by atoms with Gasteiger partial charge in [-0.2, -0.15) is 0 Å². The van der Waals surface area contributed by atoms with Crippen LogP contribution in [0.4, 0.5) is 0 Å². The Kier molecular flexibility index (Phi) is 3.78. The van der Waals surface area contributed by atoms with Gasteiger partial charge in [0.2, 0.25) is 5.88 Å². The highest BCUT2D eigenvalue weighted by molar-refractivity contribution is 9.10. The van der Waals surface area contributed by atoms with E-state index in [1.807, 2.05) is 18.2 Å². The number of pyridine rings is 1. The van der Waals surface area contributed by atoms with E-state index in [0.29, 0.717) is 18.4 Å². The van der Waals surface area contributed by atoms with Crippen molar-refractivity contribution in [2.24, 2.45) is 5.92 Å². The van der Waals surface area contributed by atoms with Gasteiger partial charge in [-0.1, -0.05) is 31.2 Å². The number of halogens is 1. The molecule has 1 aromatic heterocycles. The summed E-state index contributed by atoms with van der Waals surface area (Å²) < 4.78 is 6.45. The van der Waals surface area contributed by atoms with E-state index in [1.165, 1.54) is 5.57 Å². The highest BCUT2D eigenvalue weighted by atomic mass is 79.9. The number of aromatic nitrogens is 1. The zero-order valence-electron chi connectivity index (χ0n) is 9.19. The first-order valence-corrected chi connectivity index (χ1v) is 6.16. The summed E-state index contributed by atoms with van der Waals surface area (Å²) in [7, 11) is 0. The molecule has 0 saturated carbocycles. The van der Waals surface area contributed by atoms with Gasteiger partial charge in [0.1, 0.15) is 11.2 Å². The first-order chi connectivity index (χ1) is 7.75. The smallest absolute Gasteiger partial charge is 0.214 e. The minimum Gasteiger partial charge on any atom is -0.473 e. The van der Waals surface area contributed by atoms with E-state index < -0.39 is 0 Å². The standard InChI is InChI=1S/C13H14BrNO/c1-10-5-2-3-6-11(10)9-16-13-8-4-7-12(14)15-13/h2-4,6-8,10H,5,9H2,1H3. The average molecular weight is 280 g/mol. The Morgan fingerprint density at radius 2 is 2.38 bits per heavy atom. The lowest BCUT2D eigenvalue weighted by atomic mass is 9.94. The van der Waals surface area contributed by atoms with Crippen LogP contribution in [0.2, 0.25) is 0 Å². The van der Waals surface area contributed by atoms with E-state index in [-0.39, 0.29) is 0 Å². The van der Waals surface area contributed by atoms with E-state index >= 15 is 0 Å². The van der Waals surface area contributed by atoms with Crippen molar-refractivity contribution in [1.29, 1.82) is 0 Å². The molecule has 2 rings (SSSR count). The predicted octanol–water partition coefficient (Wildman–Crippen LogP) is 3.75. The van der Waals surface area contributed by atoms with E-state index in [9.17, 15) is 0 Å². The zero-order valence-corrected chi connectivity index (χ0v) is 10.8. The quantitative estimate of drug-likeness (QED) is 0.787. The lowest BCUT2D eigenvalue weighted by Gasteiger charge is -2.17. The summed E-state index contributed by atoms with van der Waals surface area (Å²) in [4.78, 5) is 4.23. The molecule has 1 heterocycles. The van der Waals surface area contributed by atoms with Crippen molar-refractivity contribution in [2.45, 2.75) is 13.3 Å². The van der Waals surface area contributed by atoms with Crippen molar-refractivity contribution in [2.75, 3.05) is 6.61 Å². The van der Waals surface area contributed by atoms with Gasteiger partial charge in [0.05, 0.1) is 0 Å². The molecule has 0 radical (unpaired) electrons. The third-order valence-corrected chi connectivity index (χ3v) is 3.09. The Hall–Kier alpha value is -1.09. The second-order valence-corrected chi connectivity index (χ2v) is 4.71. The van der Waals surface area contributed by atoms with Crippen LogP contribution < -0.4 is 4.74 Å². The van der Waals surface area contributed by atoms with Gasteiger partial charge in [-0.25, -0.2) is 4.98 Å². The minimum atomic E-state index is 0.567. The molecule has 1 aromatic rings. The maximum Gasteiger partial charge on any atom is 0.214 e. The number of allylic oxidation sites excluding steroid dienone is 3. The topological polar surface area (TPSA) is 22.1 Å². The van der Waals surface area contributed by atoms with Gasteiger partial charge in [0.15, 0.2) is 0 Å². The predicted molar refractivity (Wildman–Crippen MR) is 68.4 cm³/mol. The Labute approximate surface area is 104 Å². The lowest BCUT2D eigenvalue weighted by molar-refractivity contribution is 0.323. The fraction of sp³-hybridized carbons (Fsp3) is 0.308. The molecular formula is C13H14BrNO.